The van der Waals surface area contributed by atoms with Crippen LogP contribution in [0.15, 0.2) is 35.4 Å². The molecule has 4 heteroatoms. The van der Waals surface area contributed by atoms with E-state index in [4.69, 9.17) is 0 Å². The van der Waals surface area contributed by atoms with Gasteiger partial charge in [-0.25, -0.2) is 9.48 Å². The van der Waals surface area contributed by atoms with Gasteiger partial charge in [-0.1, -0.05) is 29.8 Å². The summed E-state index contributed by atoms with van der Waals surface area (Å²) < 4.78 is 1.39. The highest BCUT2D eigenvalue weighted by Gasteiger charge is 1.98. The van der Waals surface area contributed by atoms with Gasteiger partial charge in [-0.2, -0.15) is 5.10 Å². The van der Waals surface area contributed by atoms with Crippen molar-refractivity contribution in [2.45, 2.75) is 13.5 Å². The van der Waals surface area contributed by atoms with E-state index in [1.165, 1.54) is 16.6 Å². The van der Waals surface area contributed by atoms with Gasteiger partial charge in [-0.15, -0.1) is 0 Å². The number of H-pyrrole nitrogens is 1. The minimum absolute atomic E-state index is 0.175. The topological polar surface area (TPSA) is 50.7 Å². The van der Waals surface area contributed by atoms with Crippen molar-refractivity contribution in [2.24, 2.45) is 0 Å². The molecule has 0 radical (unpaired) electrons. The first-order chi connectivity index (χ1) is 6.75. The van der Waals surface area contributed by atoms with Gasteiger partial charge in [0.2, 0.25) is 0 Å². The Hall–Kier alpha value is -1.84. The second kappa shape index (κ2) is 3.49. The number of nitrogens with one attached hydrogen (secondary N) is 1. The van der Waals surface area contributed by atoms with Crippen LogP contribution in [0.2, 0.25) is 0 Å². The average Bonchev–Trinajstić information content (AvgIpc) is 2.56. The predicted octanol–water partition coefficient (Wildman–Crippen LogP) is 0.928. The predicted molar refractivity (Wildman–Crippen MR) is 53.1 cm³/mol. The van der Waals surface area contributed by atoms with Crippen molar-refractivity contribution in [3.05, 3.63) is 52.2 Å². The molecule has 4 nitrogen and oxygen atoms in total. The van der Waals surface area contributed by atoms with Crippen LogP contribution in [0.5, 0.6) is 0 Å². The highest BCUT2D eigenvalue weighted by Crippen LogP contribution is 2.03. The van der Waals surface area contributed by atoms with E-state index in [1.807, 2.05) is 31.2 Å². The molecule has 1 heterocycles. The van der Waals surface area contributed by atoms with Crippen molar-refractivity contribution in [2.75, 3.05) is 0 Å². The van der Waals surface area contributed by atoms with E-state index >= 15 is 0 Å². The van der Waals surface area contributed by atoms with Gasteiger partial charge in [0.15, 0.2) is 0 Å². The largest absolute Gasteiger partial charge is 0.343 e. The molecule has 0 aliphatic carbocycles. The lowest BCUT2D eigenvalue weighted by Gasteiger charge is -2.00. The summed E-state index contributed by atoms with van der Waals surface area (Å²) in [7, 11) is 0. The fourth-order valence-electron chi connectivity index (χ4n) is 1.26. The molecule has 2 aromatic rings. The highest BCUT2D eigenvalue weighted by atomic mass is 16.1. The van der Waals surface area contributed by atoms with Crippen molar-refractivity contribution in [3.8, 4) is 0 Å². The minimum Gasteiger partial charge on any atom is -0.295 e. The van der Waals surface area contributed by atoms with E-state index in [2.05, 4.69) is 10.1 Å². The molecule has 0 spiro atoms. The highest BCUT2D eigenvalue weighted by molar-refractivity contribution is 5.21. The van der Waals surface area contributed by atoms with Gasteiger partial charge in [0, 0.05) is 0 Å². The normalized spacial score (nSPS) is 10.4. The van der Waals surface area contributed by atoms with Gasteiger partial charge in [0.25, 0.3) is 0 Å². The molecule has 72 valence electrons. The Bertz CT molecular complexity index is 467. The van der Waals surface area contributed by atoms with Gasteiger partial charge >= 0.3 is 5.69 Å². The van der Waals surface area contributed by atoms with Crippen molar-refractivity contribution >= 4 is 0 Å². The Balaban J connectivity index is 2.23. The summed E-state index contributed by atoms with van der Waals surface area (Å²) in [5.41, 5.74) is 2.11. The molecule has 0 aliphatic rings. The first-order valence-electron chi connectivity index (χ1n) is 4.42. The van der Waals surface area contributed by atoms with Gasteiger partial charge in [0.05, 0.1) is 6.54 Å². The van der Waals surface area contributed by atoms with Gasteiger partial charge in [-0.3, -0.25) is 4.98 Å². The standard InChI is InChI=1S/C10H11N3O/c1-8-2-4-9(5-3-8)6-13-10(14)11-7-12-13/h2-5,7H,6H2,1H3,(H,11,12,14). The number of nitrogens with zero attached hydrogens (tertiary/aromatic N) is 2. The first-order valence-corrected chi connectivity index (χ1v) is 4.42. The third kappa shape index (κ3) is 1.74. The van der Waals surface area contributed by atoms with Gasteiger partial charge in [-0.05, 0) is 12.5 Å². The monoisotopic (exact) mass is 189 g/mol. The van der Waals surface area contributed by atoms with Crippen LogP contribution in [0.1, 0.15) is 11.1 Å². The number of rotatable bonds is 2. The van der Waals surface area contributed by atoms with Crippen LogP contribution in [0.4, 0.5) is 0 Å². The quantitative estimate of drug-likeness (QED) is 0.764. The van der Waals surface area contributed by atoms with Crippen LogP contribution in [-0.4, -0.2) is 14.8 Å². The zero-order chi connectivity index (χ0) is 9.97. The van der Waals surface area contributed by atoms with E-state index in [0.717, 1.165) is 5.56 Å². The minimum atomic E-state index is -0.175. The first kappa shape index (κ1) is 8.74. The Morgan fingerprint density at radius 1 is 1.36 bits per heavy atom. The molecule has 0 saturated carbocycles. The lowest BCUT2D eigenvalue weighted by Crippen LogP contribution is -2.18. The number of aromatic nitrogens is 3. The molecule has 0 fully saturated rings. The molecule has 0 atom stereocenters. The SMILES string of the molecule is Cc1ccc(Cn2nc[nH]c2=O)cc1. The van der Waals surface area contributed by atoms with Gasteiger partial charge in [0.1, 0.15) is 6.33 Å². The second-order valence-electron chi connectivity index (χ2n) is 3.24. The number of aromatic amines is 1. The Labute approximate surface area is 81.2 Å². The van der Waals surface area contributed by atoms with Crippen LogP contribution in [0.3, 0.4) is 0 Å². The van der Waals surface area contributed by atoms with Crippen molar-refractivity contribution in [3.63, 3.8) is 0 Å². The number of benzene rings is 1. The lowest BCUT2D eigenvalue weighted by atomic mass is 10.1. The fourth-order valence-corrected chi connectivity index (χ4v) is 1.26. The molecule has 0 bridgehead atoms. The molecule has 0 saturated heterocycles. The lowest BCUT2D eigenvalue weighted by molar-refractivity contribution is 0.659. The van der Waals surface area contributed by atoms with E-state index in [9.17, 15) is 4.79 Å². The summed E-state index contributed by atoms with van der Waals surface area (Å²) in [6, 6.07) is 8.03. The summed E-state index contributed by atoms with van der Waals surface area (Å²) in [6.45, 7) is 2.55. The van der Waals surface area contributed by atoms with E-state index in [0.29, 0.717) is 6.54 Å². The van der Waals surface area contributed by atoms with Crippen LogP contribution in [-0.2, 0) is 6.54 Å². The van der Waals surface area contributed by atoms with Crippen molar-refractivity contribution < 1.29 is 0 Å². The molecule has 2 rings (SSSR count). The number of hydrogen-bond donors (Lipinski definition) is 1. The maximum atomic E-state index is 11.1. The smallest absolute Gasteiger partial charge is 0.295 e. The summed E-state index contributed by atoms with van der Waals surface area (Å²) in [5.74, 6) is 0. The zero-order valence-electron chi connectivity index (χ0n) is 7.90. The molecular weight excluding hydrogens is 178 g/mol. The Morgan fingerprint density at radius 2 is 2.07 bits per heavy atom. The number of hydrogen-bond acceptors (Lipinski definition) is 2. The van der Waals surface area contributed by atoms with Crippen LogP contribution >= 0.6 is 0 Å². The average molecular weight is 189 g/mol. The third-order valence-corrected chi connectivity index (χ3v) is 2.07. The van der Waals surface area contributed by atoms with Crippen LogP contribution < -0.4 is 5.69 Å². The van der Waals surface area contributed by atoms with Crippen LogP contribution in [0, 0.1) is 6.92 Å². The molecule has 1 aromatic carbocycles. The van der Waals surface area contributed by atoms with E-state index < -0.39 is 0 Å². The van der Waals surface area contributed by atoms with E-state index in [1.54, 1.807) is 0 Å². The summed E-state index contributed by atoms with van der Waals surface area (Å²) in [4.78, 5) is 13.6. The summed E-state index contributed by atoms with van der Waals surface area (Å²) in [6.07, 6.45) is 1.40. The summed E-state index contributed by atoms with van der Waals surface area (Å²) in [5, 5.41) is 3.88. The van der Waals surface area contributed by atoms with Gasteiger partial charge < -0.3 is 0 Å². The zero-order valence-corrected chi connectivity index (χ0v) is 7.90. The molecule has 0 unspecified atom stereocenters. The molecule has 14 heavy (non-hydrogen) atoms. The fraction of sp³-hybridized carbons (Fsp3) is 0.200. The molecule has 1 N–H and O–H groups in total. The third-order valence-electron chi connectivity index (χ3n) is 2.07. The Kier molecular flexibility index (Phi) is 2.18. The van der Waals surface area contributed by atoms with Crippen LogP contribution in [0.25, 0.3) is 0 Å². The number of aryl methyl sites for hydroxylation is 1. The van der Waals surface area contributed by atoms with E-state index in [-0.39, 0.29) is 5.69 Å². The molecule has 0 amide bonds. The molecule has 0 aliphatic heterocycles. The maximum Gasteiger partial charge on any atom is 0.343 e. The summed E-state index contributed by atoms with van der Waals surface area (Å²) >= 11 is 0. The second-order valence-corrected chi connectivity index (χ2v) is 3.24. The molecule has 1 aromatic heterocycles. The maximum absolute atomic E-state index is 11.1. The Morgan fingerprint density at radius 3 is 2.64 bits per heavy atom. The molecular formula is C10H11N3O. The van der Waals surface area contributed by atoms with Crippen molar-refractivity contribution in [1.82, 2.24) is 14.8 Å². The van der Waals surface area contributed by atoms with Crippen molar-refractivity contribution in [1.29, 1.82) is 0 Å².